The first-order valence-corrected chi connectivity index (χ1v) is 6.90. The number of halogens is 1. The second kappa shape index (κ2) is 6.33. The van der Waals surface area contributed by atoms with Gasteiger partial charge in [-0.1, -0.05) is 40.0 Å². The molecule has 0 aliphatic heterocycles. The lowest BCUT2D eigenvalue weighted by Crippen LogP contribution is -2.22. The number of hydrogen-bond acceptors (Lipinski definition) is 2. The van der Waals surface area contributed by atoms with Crippen molar-refractivity contribution in [1.29, 1.82) is 0 Å². The summed E-state index contributed by atoms with van der Waals surface area (Å²) < 4.78 is 0.695. The Morgan fingerprint density at radius 1 is 1.31 bits per heavy atom. The van der Waals surface area contributed by atoms with Crippen LogP contribution in [0.1, 0.15) is 58.6 Å². The lowest BCUT2D eigenvalue weighted by Gasteiger charge is -2.27. The fraction of sp³-hybridized carbons (Fsp3) is 0.692. The molecule has 0 aromatic carbocycles. The summed E-state index contributed by atoms with van der Waals surface area (Å²) in [7, 11) is 0. The number of nitrogens with zero attached hydrogens (tertiary/aromatic N) is 2. The van der Waals surface area contributed by atoms with E-state index in [1.807, 2.05) is 12.3 Å². The highest BCUT2D eigenvalue weighted by atomic mass is 79.9. The predicted octanol–water partition coefficient (Wildman–Crippen LogP) is 4.49. The monoisotopic (exact) mass is 284 g/mol. The minimum atomic E-state index is 0.195. The van der Waals surface area contributed by atoms with Gasteiger partial charge in [0, 0.05) is 11.6 Å². The summed E-state index contributed by atoms with van der Waals surface area (Å²) in [6.07, 6.45) is 8.03. The molecule has 0 aliphatic rings. The highest BCUT2D eigenvalue weighted by molar-refractivity contribution is 9.10. The van der Waals surface area contributed by atoms with Crippen molar-refractivity contribution in [3.05, 3.63) is 22.7 Å². The van der Waals surface area contributed by atoms with E-state index in [1.54, 1.807) is 0 Å². The van der Waals surface area contributed by atoms with Crippen LogP contribution in [0.5, 0.6) is 0 Å². The van der Waals surface area contributed by atoms with Gasteiger partial charge in [0.15, 0.2) is 4.73 Å². The predicted molar refractivity (Wildman–Crippen MR) is 71.5 cm³/mol. The molecule has 1 heterocycles. The maximum Gasteiger partial charge on any atom is 0.196 e. The Bertz CT molecular complexity index is 327. The lowest BCUT2D eigenvalue weighted by molar-refractivity contribution is 0.386. The second-order valence-corrected chi connectivity index (χ2v) is 5.29. The van der Waals surface area contributed by atoms with E-state index in [9.17, 15) is 0 Å². The summed E-state index contributed by atoms with van der Waals surface area (Å²) in [4.78, 5) is 8.59. The van der Waals surface area contributed by atoms with Crippen LogP contribution in [0.15, 0.2) is 17.0 Å². The number of hydrogen-bond donors (Lipinski definition) is 0. The van der Waals surface area contributed by atoms with E-state index < -0.39 is 0 Å². The standard InChI is InChI=1S/C13H21BrN2/c1-4-6-7-9-13(3,5-2)11-8-10-15-12(14)16-11/h8,10H,4-7,9H2,1-3H3. The third-order valence-electron chi connectivity index (χ3n) is 3.36. The zero-order chi connectivity index (χ0) is 12.0. The summed E-state index contributed by atoms with van der Waals surface area (Å²) >= 11 is 3.34. The van der Waals surface area contributed by atoms with Crippen molar-refractivity contribution < 1.29 is 0 Å². The zero-order valence-corrected chi connectivity index (χ0v) is 12.0. The van der Waals surface area contributed by atoms with Crippen LogP contribution in [0.2, 0.25) is 0 Å². The first-order chi connectivity index (χ1) is 7.62. The topological polar surface area (TPSA) is 25.8 Å². The third-order valence-corrected chi connectivity index (χ3v) is 3.74. The number of unbranched alkanes of at least 4 members (excludes halogenated alkanes) is 2. The Morgan fingerprint density at radius 3 is 2.62 bits per heavy atom. The molecule has 1 unspecified atom stereocenters. The summed E-state index contributed by atoms with van der Waals surface area (Å²) in [5.41, 5.74) is 1.36. The molecule has 1 aromatic rings. The van der Waals surface area contributed by atoms with Gasteiger partial charge in [-0.05, 0) is 34.8 Å². The smallest absolute Gasteiger partial charge is 0.196 e. The van der Waals surface area contributed by atoms with E-state index >= 15 is 0 Å². The molecule has 0 fully saturated rings. The molecule has 0 bridgehead atoms. The van der Waals surface area contributed by atoms with Gasteiger partial charge in [-0.2, -0.15) is 0 Å². The van der Waals surface area contributed by atoms with Gasteiger partial charge < -0.3 is 0 Å². The van der Waals surface area contributed by atoms with Gasteiger partial charge in [-0.3, -0.25) is 0 Å². The van der Waals surface area contributed by atoms with Crippen molar-refractivity contribution in [1.82, 2.24) is 9.97 Å². The summed E-state index contributed by atoms with van der Waals surface area (Å²) in [5.74, 6) is 0. The van der Waals surface area contributed by atoms with Crippen LogP contribution in [0.3, 0.4) is 0 Å². The third kappa shape index (κ3) is 3.55. The molecule has 0 spiro atoms. The highest BCUT2D eigenvalue weighted by Gasteiger charge is 2.25. The first-order valence-electron chi connectivity index (χ1n) is 6.11. The van der Waals surface area contributed by atoms with E-state index in [-0.39, 0.29) is 5.41 Å². The summed E-state index contributed by atoms with van der Waals surface area (Å²) in [6, 6.07) is 2.04. The molecule has 1 aromatic heterocycles. The van der Waals surface area contributed by atoms with Crippen LogP contribution in [0.4, 0.5) is 0 Å². The highest BCUT2D eigenvalue weighted by Crippen LogP contribution is 2.32. The molecule has 90 valence electrons. The molecular formula is C13H21BrN2. The molecular weight excluding hydrogens is 264 g/mol. The van der Waals surface area contributed by atoms with Crippen molar-refractivity contribution in [2.45, 2.75) is 58.3 Å². The largest absolute Gasteiger partial charge is 0.231 e. The molecule has 0 N–H and O–H groups in total. The summed E-state index contributed by atoms with van der Waals surface area (Å²) in [5, 5.41) is 0. The first kappa shape index (κ1) is 13.6. The fourth-order valence-electron chi connectivity index (χ4n) is 1.92. The van der Waals surface area contributed by atoms with Gasteiger partial charge in [-0.25, -0.2) is 9.97 Å². The van der Waals surface area contributed by atoms with E-state index in [0.717, 1.165) is 12.1 Å². The number of rotatable bonds is 6. The quantitative estimate of drug-likeness (QED) is 0.568. The lowest BCUT2D eigenvalue weighted by atomic mass is 9.79. The van der Waals surface area contributed by atoms with Crippen LogP contribution in [-0.2, 0) is 5.41 Å². The van der Waals surface area contributed by atoms with E-state index in [0.29, 0.717) is 4.73 Å². The van der Waals surface area contributed by atoms with Crippen LogP contribution in [-0.4, -0.2) is 9.97 Å². The van der Waals surface area contributed by atoms with E-state index in [1.165, 1.54) is 25.7 Å². The van der Waals surface area contributed by atoms with Gasteiger partial charge in [0.25, 0.3) is 0 Å². The fourth-order valence-corrected chi connectivity index (χ4v) is 2.23. The maximum absolute atomic E-state index is 4.50. The number of aromatic nitrogens is 2. The Labute approximate surface area is 107 Å². The Balaban J connectivity index is 2.78. The molecule has 1 atom stereocenters. The van der Waals surface area contributed by atoms with Crippen molar-refractivity contribution in [3.63, 3.8) is 0 Å². The average Bonchev–Trinajstić information content (AvgIpc) is 2.29. The minimum absolute atomic E-state index is 0.195. The van der Waals surface area contributed by atoms with Gasteiger partial charge in [0.1, 0.15) is 0 Å². The van der Waals surface area contributed by atoms with Crippen LogP contribution < -0.4 is 0 Å². The van der Waals surface area contributed by atoms with E-state index in [4.69, 9.17) is 0 Å². The molecule has 0 radical (unpaired) electrons. The van der Waals surface area contributed by atoms with Gasteiger partial charge in [-0.15, -0.1) is 0 Å². The molecule has 2 nitrogen and oxygen atoms in total. The van der Waals surface area contributed by atoms with E-state index in [2.05, 4.69) is 46.7 Å². The molecule has 0 aliphatic carbocycles. The molecule has 3 heteroatoms. The summed E-state index contributed by atoms with van der Waals surface area (Å²) in [6.45, 7) is 6.78. The van der Waals surface area contributed by atoms with Crippen LogP contribution in [0, 0.1) is 0 Å². The average molecular weight is 285 g/mol. The van der Waals surface area contributed by atoms with Gasteiger partial charge in [0.2, 0.25) is 0 Å². The van der Waals surface area contributed by atoms with Crippen LogP contribution >= 0.6 is 15.9 Å². The minimum Gasteiger partial charge on any atom is -0.231 e. The molecule has 0 saturated heterocycles. The normalized spacial score (nSPS) is 14.8. The van der Waals surface area contributed by atoms with Crippen molar-refractivity contribution in [3.8, 4) is 0 Å². The second-order valence-electron chi connectivity index (χ2n) is 4.58. The van der Waals surface area contributed by atoms with Crippen molar-refractivity contribution in [2.75, 3.05) is 0 Å². The Morgan fingerprint density at radius 2 is 2.06 bits per heavy atom. The zero-order valence-electron chi connectivity index (χ0n) is 10.5. The molecule has 0 saturated carbocycles. The molecule has 0 amide bonds. The maximum atomic E-state index is 4.50. The molecule has 1 rings (SSSR count). The Hall–Kier alpha value is -0.440. The van der Waals surface area contributed by atoms with Gasteiger partial charge in [0.05, 0.1) is 5.69 Å². The molecule has 16 heavy (non-hydrogen) atoms. The van der Waals surface area contributed by atoms with Crippen LogP contribution in [0.25, 0.3) is 0 Å². The van der Waals surface area contributed by atoms with Gasteiger partial charge >= 0.3 is 0 Å². The van der Waals surface area contributed by atoms with Crippen molar-refractivity contribution in [2.24, 2.45) is 0 Å². The SMILES string of the molecule is CCCCCC(C)(CC)c1ccnc(Br)n1. The van der Waals surface area contributed by atoms with Crippen molar-refractivity contribution >= 4 is 15.9 Å². The Kier molecular flexibility index (Phi) is 5.39.